The van der Waals surface area contributed by atoms with E-state index in [1.807, 2.05) is 24.4 Å². The van der Waals surface area contributed by atoms with Crippen molar-refractivity contribution in [1.82, 2.24) is 10.3 Å². The van der Waals surface area contributed by atoms with Crippen LogP contribution in [0.15, 0.2) is 57.7 Å². The fourth-order valence-corrected chi connectivity index (χ4v) is 2.55. The van der Waals surface area contributed by atoms with Gasteiger partial charge in [0.1, 0.15) is 11.3 Å². The molecule has 1 N–H and O–H groups in total. The first-order chi connectivity index (χ1) is 9.72. The quantitative estimate of drug-likeness (QED) is 0.768. The summed E-state index contributed by atoms with van der Waals surface area (Å²) in [5.41, 5.74) is 2.07. The molecule has 0 aliphatic heterocycles. The predicted octanol–water partition coefficient (Wildman–Crippen LogP) is 4.44. The number of pyridine rings is 1. The zero-order chi connectivity index (χ0) is 13.9. The van der Waals surface area contributed by atoms with Crippen LogP contribution >= 0.6 is 15.9 Å². The number of para-hydroxylation sites is 1. The van der Waals surface area contributed by atoms with Crippen LogP contribution in [0.25, 0.3) is 11.0 Å². The van der Waals surface area contributed by atoms with Gasteiger partial charge in [0.05, 0.1) is 6.04 Å². The lowest BCUT2D eigenvalue weighted by Crippen LogP contribution is -2.17. The first-order valence-electron chi connectivity index (χ1n) is 6.53. The number of hydrogen-bond donors (Lipinski definition) is 1. The van der Waals surface area contributed by atoms with E-state index in [4.69, 9.17) is 4.42 Å². The Labute approximate surface area is 126 Å². The molecule has 0 radical (unpaired) electrons. The molecule has 3 nitrogen and oxygen atoms in total. The largest absolute Gasteiger partial charge is 0.459 e. The van der Waals surface area contributed by atoms with Gasteiger partial charge in [-0.3, -0.25) is 4.98 Å². The zero-order valence-corrected chi connectivity index (χ0v) is 12.7. The number of furan rings is 1. The average Bonchev–Trinajstić information content (AvgIpc) is 2.89. The molecule has 4 heteroatoms. The Bertz CT molecular complexity index is 690. The Balaban J connectivity index is 1.71. The first-order valence-corrected chi connectivity index (χ1v) is 7.33. The monoisotopic (exact) mass is 330 g/mol. The molecule has 0 saturated carbocycles. The number of halogens is 1. The Morgan fingerprint density at radius 1 is 1.25 bits per heavy atom. The van der Waals surface area contributed by atoms with Crippen molar-refractivity contribution in [2.24, 2.45) is 0 Å². The fourth-order valence-electron chi connectivity index (χ4n) is 2.14. The normalized spacial score (nSPS) is 12.7. The molecular weight excluding hydrogens is 316 g/mol. The van der Waals surface area contributed by atoms with E-state index in [1.54, 1.807) is 6.20 Å². The van der Waals surface area contributed by atoms with Crippen LogP contribution in [0.4, 0.5) is 0 Å². The number of aromatic nitrogens is 1. The van der Waals surface area contributed by atoms with Crippen LogP contribution in [-0.4, -0.2) is 4.98 Å². The Morgan fingerprint density at radius 2 is 2.10 bits per heavy atom. The summed E-state index contributed by atoms with van der Waals surface area (Å²) >= 11 is 3.43. The van der Waals surface area contributed by atoms with Crippen molar-refractivity contribution in [3.63, 3.8) is 0 Å². The van der Waals surface area contributed by atoms with Crippen LogP contribution in [0, 0.1) is 0 Å². The maximum absolute atomic E-state index is 5.85. The van der Waals surface area contributed by atoms with Crippen LogP contribution in [0.5, 0.6) is 0 Å². The molecule has 1 aromatic carbocycles. The molecule has 20 heavy (non-hydrogen) atoms. The molecule has 2 aromatic heterocycles. The van der Waals surface area contributed by atoms with Crippen molar-refractivity contribution in [1.29, 1.82) is 0 Å². The molecular formula is C16H15BrN2O. The van der Waals surface area contributed by atoms with E-state index in [9.17, 15) is 0 Å². The highest BCUT2D eigenvalue weighted by Gasteiger charge is 2.10. The summed E-state index contributed by atoms with van der Waals surface area (Å²) < 4.78 is 6.85. The molecule has 0 fully saturated rings. The average molecular weight is 331 g/mol. The highest BCUT2D eigenvalue weighted by atomic mass is 79.9. The van der Waals surface area contributed by atoms with Crippen molar-refractivity contribution < 1.29 is 4.42 Å². The van der Waals surface area contributed by atoms with Gasteiger partial charge >= 0.3 is 0 Å². The fraction of sp³-hybridized carbons (Fsp3) is 0.188. The molecule has 0 amide bonds. The van der Waals surface area contributed by atoms with Gasteiger partial charge in [-0.05, 0) is 46.6 Å². The SMILES string of the molecule is CC(NCc1cncc(Br)c1)c1cc2ccccc2o1. The number of benzene rings is 1. The van der Waals surface area contributed by atoms with Gasteiger partial charge in [-0.25, -0.2) is 0 Å². The summed E-state index contributed by atoms with van der Waals surface area (Å²) in [7, 11) is 0. The number of hydrogen-bond acceptors (Lipinski definition) is 3. The van der Waals surface area contributed by atoms with Gasteiger partial charge in [-0.1, -0.05) is 18.2 Å². The van der Waals surface area contributed by atoms with Crippen LogP contribution in [0.2, 0.25) is 0 Å². The summed E-state index contributed by atoms with van der Waals surface area (Å²) in [6, 6.07) is 12.4. The Kier molecular flexibility index (Phi) is 3.85. The second kappa shape index (κ2) is 5.77. The van der Waals surface area contributed by atoms with Crippen LogP contribution < -0.4 is 5.32 Å². The zero-order valence-electron chi connectivity index (χ0n) is 11.1. The Hall–Kier alpha value is -1.65. The second-order valence-corrected chi connectivity index (χ2v) is 5.72. The van der Waals surface area contributed by atoms with Gasteiger partial charge in [0.2, 0.25) is 0 Å². The highest BCUT2D eigenvalue weighted by molar-refractivity contribution is 9.10. The van der Waals surface area contributed by atoms with Crippen LogP contribution in [0.1, 0.15) is 24.3 Å². The lowest BCUT2D eigenvalue weighted by Gasteiger charge is -2.11. The van der Waals surface area contributed by atoms with Gasteiger partial charge in [-0.2, -0.15) is 0 Å². The molecule has 1 atom stereocenters. The van der Waals surface area contributed by atoms with E-state index in [2.05, 4.69) is 51.4 Å². The third kappa shape index (κ3) is 2.92. The summed E-state index contributed by atoms with van der Waals surface area (Å²) in [6.45, 7) is 2.85. The number of nitrogens with one attached hydrogen (secondary N) is 1. The summed E-state index contributed by atoms with van der Waals surface area (Å²) in [5.74, 6) is 0.953. The first kappa shape index (κ1) is 13.3. The third-order valence-electron chi connectivity index (χ3n) is 3.25. The molecule has 0 spiro atoms. The van der Waals surface area contributed by atoms with Gasteiger partial charge in [0.25, 0.3) is 0 Å². The van der Waals surface area contributed by atoms with Crippen molar-refractivity contribution >= 4 is 26.9 Å². The lowest BCUT2D eigenvalue weighted by atomic mass is 10.2. The molecule has 0 saturated heterocycles. The molecule has 3 rings (SSSR count). The molecule has 2 heterocycles. The molecule has 0 aliphatic rings. The molecule has 0 aliphatic carbocycles. The maximum Gasteiger partial charge on any atom is 0.134 e. The minimum Gasteiger partial charge on any atom is -0.459 e. The topological polar surface area (TPSA) is 38.1 Å². The van der Waals surface area contributed by atoms with Crippen LogP contribution in [-0.2, 0) is 6.54 Å². The molecule has 3 aromatic rings. The standard InChI is InChI=1S/C16H15BrN2O/c1-11(19-9-12-6-14(17)10-18-8-12)16-7-13-4-2-3-5-15(13)20-16/h2-8,10-11,19H,9H2,1H3. The molecule has 1 unspecified atom stereocenters. The van der Waals surface area contributed by atoms with Crippen LogP contribution in [0.3, 0.4) is 0 Å². The number of fused-ring (bicyclic) bond motifs is 1. The highest BCUT2D eigenvalue weighted by Crippen LogP contribution is 2.23. The third-order valence-corrected chi connectivity index (χ3v) is 3.68. The summed E-state index contributed by atoms with van der Waals surface area (Å²) in [6.07, 6.45) is 3.65. The van der Waals surface area contributed by atoms with Gasteiger partial charge in [0, 0.05) is 28.8 Å². The lowest BCUT2D eigenvalue weighted by molar-refractivity contribution is 0.450. The van der Waals surface area contributed by atoms with E-state index in [-0.39, 0.29) is 6.04 Å². The minimum atomic E-state index is 0.154. The number of nitrogens with zero attached hydrogens (tertiary/aromatic N) is 1. The van der Waals surface area contributed by atoms with Gasteiger partial charge in [-0.15, -0.1) is 0 Å². The van der Waals surface area contributed by atoms with Gasteiger partial charge < -0.3 is 9.73 Å². The van der Waals surface area contributed by atoms with E-state index < -0.39 is 0 Å². The predicted molar refractivity (Wildman–Crippen MR) is 83.4 cm³/mol. The van der Waals surface area contributed by atoms with E-state index >= 15 is 0 Å². The van der Waals surface area contributed by atoms with Crippen molar-refractivity contribution in [2.45, 2.75) is 19.5 Å². The van der Waals surface area contributed by atoms with Gasteiger partial charge in [0.15, 0.2) is 0 Å². The molecule has 0 bridgehead atoms. The maximum atomic E-state index is 5.85. The smallest absolute Gasteiger partial charge is 0.134 e. The van der Waals surface area contributed by atoms with Crippen molar-refractivity contribution in [2.75, 3.05) is 0 Å². The Morgan fingerprint density at radius 3 is 2.90 bits per heavy atom. The number of rotatable bonds is 4. The van der Waals surface area contributed by atoms with E-state index in [0.29, 0.717) is 0 Å². The van der Waals surface area contributed by atoms with Crippen molar-refractivity contribution in [3.8, 4) is 0 Å². The van der Waals surface area contributed by atoms with Crippen molar-refractivity contribution in [3.05, 3.63) is 64.6 Å². The molecule has 102 valence electrons. The minimum absolute atomic E-state index is 0.154. The second-order valence-electron chi connectivity index (χ2n) is 4.80. The summed E-state index contributed by atoms with van der Waals surface area (Å²) in [5, 5.41) is 4.59. The van der Waals surface area contributed by atoms with E-state index in [0.717, 1.165) is 33.3 Å². The summed E-state index contributed by atoms with van der Waals surface area (Å²) in [4.78, 5) is 4.16. The van der Waals surface area contributed by atoms with E-state index in [1.165, 1.54) is 0 Å².